The van der Waals surface area contributed by atoms with Gasteiger partial charge in [-0.15, -0.1) is 0 Å². The van der Waals surface area contributed by atoms with Crippen molar-refractivity contribution in [3.05, 3.63) is 23.5 Å². The van der Waals surface area contributed by atoms with E-state index < -0.39 is 11.7 Å². The van der Waals surface area contributed by atoms with Crippen LogP contribution in [0.15, 0.2) is 12.1 Å². The normalized spacial score (nSPS) is 23.0. The van der Waals surface area contributed by atoms with Crippen molar-refractivity contribution < 1.29 is 28.2 Å². The van der Waals surface area contributed by atoms with Crippen LogP contribution in [0.1, 0.15) is 44.1 Å². The predicted molar refractivity (Wildman–Crippen MR) is 130 cm³/mol. The van der Waals surface area contributed by atoms with Crippen LogP contribution in [0, 0.1) is 24.6 Å². The number of hydrogen-bond acceptors (Lipinski definition) is 6. The van der Waals surface area contributed by atoms with Gasteiger partial charge in [0.25, 0.3) is 0 Å². The van der Waals surface area contributed by atoms with E-state index in [0.29, 0.717) is 50.6 Å². The molecule has 9 heteroatoms. The first-order chi connectivity index (χ1) is 16.9. The van der Waals surface area contributed by atoms with E-state index in [4.69, 9.17) is 14.2 Å². The number of ether oxygens (including phenoxy) is 3. The van der Waals surface area contributed by atoms with Crippen molar-refractivity contribution in [2.24, 2.45) is 11.8 Å². The lowest BCUT2D eigenvalue weighted by Gasteiger charge is -2.34. The Morgan fingerprint density at radius 2 is 1.89 bits per heavy atom. The number of methoxy groups -OCH3 is 2. The molecular formula is C26H38FN3O5. The highest BCUT2D eigenvalue weighted by Gasteiger charge is 2.46. The van der Waals surface area contributed by atoms with Gasteiger partial charge in [-0.1, -0.05) is 0 Å². The molecule has 1 saturated heterocycles. The summed E-state index contributed by atoms with van der Waals surface area (Å²) in [5, 5.41) is 6.39. The Kier molecular flexibility index (Phi) is 8.29. The molecule has 0 spiro atoms. The first-order valence-electron chi connectivity index (χ1n) is 12.6. The zero-order valence-corrected chi connectivity index (χ0v) is 21.0. The second-order valence-electron chi connectivity index (χ2n) is 10.2. The van der Waals surface area contributed by atoms with Crippen molar-refractivity contribution in [1.29, 1.82) is 0 Å². The van der Waals surface area contributed by atoms with E-state index in [1.54, 1.807) is 32.1 Å². The van der Waals surface area contributed by atoms with Crippen LogP contribution >= 0.6 is 0 Å². The van der Waals surface area contributed by atoms with Gasteiger partial charge in [0.2, 0.25) is 11.8 Å². The number of nitrogens with one attached hydrogen (secondary N) is 2. The standard InChI is InChI=1S/C26H38FN3O5/c1-17-11-21(27)22(13-23(17)35-10-4-9-33-2)30(20-5-6-20)25(32)19-12-18(14-28-15-19)24(31)29-26(7-8-26)16-34-3/h11,13,18-20,28H,4-10,12,14-16H2,1-3H3,(H,29,31)/t18-,19+/m0/s1. The summed E-state index contributed by atoms with van der Waals surface area (Å²) in [7, 11) is 3.27. The van der Waals surface area contributed by atoms with Crippen LogP contribution in [0.2, 0.25) is 0 Å². The second-order valence-corrected chi connectivity index (χ2v) is 10.2. The number of benzene rings is 1. The summed E-state index contributed by atoms with van der Waals surface area (Å²) in [5.41, 5.74) is 0.689. The quantitative estimate of drug-likeness (QED) is 0.437. The minimum absolute atomic E-state index is 0.0216. The lowest BCUT2D eigenvalue weighted by molar-refractivity contribution is -0.129. The number of anilines is 1. The average molecular weight is 492 g/mol. The molecule has 1 aliphatic heterocycles. The third kappa shape index (κ3) is 6.32. The Bertz CT molecular complexity index is 918. The molecule has 0 bridgehead atoms. The molecule has 194 valence electrons. The van der Waals surface area contributed by atoms with Gasteiger partial charge in [0.05, 0.1) is 36.3 Å². The fourth-order valence-electron chi connectivity index (χ4n) is 4.82. The van der Waals surface area contributed by atoms with Gasteiger partial charge in [-0.25, -0.2) is 4.39 Å². The fraction of sp³-hybridized carbons (Fsp3) is 0.692. The topological polar surface area (TPSA) is 89.1 Å². The van der Waals surface area contributed by atoms with E-state index in [0.717, 1.165) is 32.1 Å². The van der Waals surface area contributed by atoms with Gasteiger partial charge in [0.15, 0.2) is 0 Å². The summed E-state index contributed by atoms with van der Waals surface area (Å²) < 4.78 is 31.3. The maximum absolute atomic E-state index is 15.1. The summed E-state index contributed by atoms with van der Waals surface area (Å²) in [6, 6.07) is 3.06. The van der Waals surface area contributed by atoms with E-state index in [9.17, 15) is 9.59 Å². The van der Waals surface area contributed by atoms with Crippen molar-refractivity contribution in [3.63, 3.8) is 0 Å². The molecule has 1 aromatic carbocycles. The molecule has 0 unspecified atom stereocenters. The number of piperidine rings is 1. The molecule has 8 nitrogen and oxygen atoms in total. The van der Waals surface area contributed by atoms with Gasteiger partial charge >= 0.3 is 0 Å². The van der Waals surface area contributed by atoms with Gasteiger partial charge in [-0.3, -0.25) is 9.59 Å². The molecule has 3 aliphatic rings. The van der Waals surface area contributed by atoms with E-state index in [-0.39, 0.29) is 35.0 Å². The molecule has 2 aliphatic carbocycles. The van der Waals surface area contributed by atoms with Crippen LogP contribution in [0.4, 0.5) is 10.1 Å². The van der Waals surface area contributed by atoms with Crippen molar-refractivity contribution in [1.82, 2.24) is 10.6 Å². The van der Waals surface area contributed by atoms with Crippen LogP contribution in [0.3, 0.4) is 0 Å². The molecule has 2 N–H and O–H groups in total. The summed E-state index contributed by atoms with van der Waals surface area (Å²) in [4.78, 5) is 28.3. The largest absolute Gasteiger partial charge is 0.493 e. The van der Waals surface area contributed by atoms with Crippen molar-refractivity contribution in [2.45, 2.75) is 57.0 Å². The van der Waals surface area contributed by atoms with Crippen LogP contribution in [-0.2, 0) is 19.1 Å². The second kappa shape index (κ2) is 11.2. The number of halogens is 1. The molecule has 0 radical (unpaired) electrons. The van der Waals surface area contributed by atoms with Crippen molar-refractivity contribution >= 4 is 17.5 Å². The third-order valence-corrected chi connectivity index (χ3v) is 7.14. The number of hydrogen-bond donors (Lipinski definition) is 2. The van der Waals surface area contributed by atoms with E-state index >= 15 is 4.39 Å². The summed E-state index contributed by atoms with van der Waals surface area (Å²) in [5.74, 6) is -0.748. The molecule has 2 atom stereocenters. The van der Waals surface area contributed by atoms with E-state index in [1.807, 2.05) is 0 Å². The molecule has 4 rings (SSSR count). The predicted octanol–water partition coefficient (Wildman–Crippen LogP) is 2.57. The van der Waals surface area contributed by atoms with Crippen LogP contribution < -0.4 is 20.3 Å². The third-order valence-electron chi connectivity index (χ3n) is 7.14. The smallest absolute Gasteiger partial charge is 0.231 e. The Labute approximate surface area is 206 Å². The van der Waals surface area contributed by atoms with Gasteiger partial charge < -0.3 is 29.7 Å². The minimum atomic E-state index is -0.430. The number of nitrogens with zero attached hydrogens (tertiary/aromatic N) is 1. The summed E-state index contributed by atoms with van der Waals surface area (Å²) in [6.45, 7) is 4.33. The Hall–Kier alpha value is -2.23. The first-order valence-corrected chi connectivity index (χ1v) is 12.6. The Morgan fingerprint density at radius 3 is 2.54 bits per heavy atom. The maximum Gasteiger partial charge on any atom is 0.231 e. The Balaban J connectivity index is 1.46. The molecular weight excluding hydrogens is 453 g/mol. The van der Waals surface area contributed by atoms with Crippen LogP contribution in [0.25, 0.3) is 0 Å². The molecule has 1 aromatic rings. The van der Waals surface area contributed by atoms with Gasteiger partial charge in [0.1, 0.15) is 11.6 Å². The number of amides is 2. The minimum Gasteiger partial charge on any atom is -0.493 e. The van der Waals surface area contributed by atoms with Crippen molar-refractivity contribution in [3.8, 4) is 5.75 Å². The molecule has 2 saturated carbocycles. The Morgan fingerprint density at radius 1 is 1.14 bits per heavy atom. The van der Waals surface area contributed by atoms with E-state index in [1.165, 1.54) is 6.07 Å². The zero-order valence-electron chi connectivity index (χ0n) is 21.0. The highest BCUT2D eigenvalue weighted by Crippen LogP contribution is 2.39. The number of carbonyl (C=O) groups excluding carboxylic acids is 2. The van der Waals surface area contributed by atoms with Crippen molar-refractivity contribution in [2.75, 3.05) is 52.0 Å². The zero-order chi connectivity index (χ0) is 25.0. The van der Waals surface area contributed by atoms with Gasteiger partial charge in [-0.05, 0) is 50.7 Å². The maximum atomic E-state index is 15.1. The number of rotatable bonds is 12. The highest BCUT2D eigenvalue weighted by atomic mass is 19.1. The molecule has 2 amide bonds. The summed E-state index contributed by atoms with van der Waals surface area (Å²) >= 11 is 0. The molecule has 35 heavy (non-hydrogen) atoms. The highest BCUT2D eigenvalue weighted by molar-refractivity contribution is 5.97. The number of aryl methyl sites for hydroxylation is 1. The molecule has 3 fully saturated rings. The van der Waals surface area contributed by atoms with Crippen LogP contribution in [0.5, 0.6) is 5.75 Å². The monoisotopic (exact) mass is 491 g/mol. The molecule has 1 heterocycles. The van der Waals surface area contributed by atoms with Gasteiger partial charge in [-0.2, -0.15) is 0 Å². The SMILES string of the molecule is COCCCOc1cc(N(C(=O)[C@H]2CNC[C@@H](C(=O)NC3(COC)CC3)C2)C2CC2)c(F)cc1C. The average Bonchev–Trinajstić information content (AvgIpc) is 3.77. The first kappa shape index (κ1) is 25.9. The van der Waals surface area contributed by atoms with E-state index in [2.05, 4.69) is 10.6 Å². The lowest BCUT2D eigenvalue weighted by atomic mass is 9.88. The molecule has 0 aromatic heterocycles. The van der Waals surface area contributed by atoms with Crippen LogP contribution in [-0.4, -0.2) is 70.5 Å². The van der Waals surface area contributed by atoms with Gasteiger partial charge in [0, 0.05) is 52.4 Å². The lowest BCUT2D eigenvalue weighted by Crippen LogP contribution is -2.52. The number of carbonyl (C=O) groups is 2. The fourth-order valence-corrected chi connectivity index (χ4v) is 4.82. The summed E-state index contributed by atoms with van der Waals surface area (Å²) in [6.07, 6.45) is 4.66.